The van der Waals surface area contributed by atoms with E-state index >= 15 is 0 Å². The van der Waals surface area contributed by atoms with Gasteiger partial charge in [0.15, 0.2) is 0 Å². The van der Waals surface area contributed by atoms with Crippen molar-refractivity contribution in [1.29, 1.82) is 0 Å². The van der Waals surface area contributed by atoms with E-state index in [1.54, 1.807) is 12.1 Å². The minimum Gasteiger partial charge on any atom is -0.478 e. The van der Waals surface area contributed by atoms with E-state index in [2.05, 4.69) is 6.58 Å². The molecule has 4 heteroatoms. The molecule has 1 aliphatic rings. The smallest absolute Gasteiger partial charge is 0.334 e. The molecule has 2 rings (SSSR count). The fourth-order valence-corrected chi connectivity index (χ4v) is 1.85. The fourth-order valence-electron chi connectivity index (χ4n) is 1.85. The molecule has 0 radical (unpaired) electrons. The third-order valence-corrected chi connectivity index (χ3v) is 2.68. The van der Waals surface area contributed by atoms with Crippen molar-refractivity contribution in [3.8, 4) is 0 Å². The third kappa shape index (κ3) is 1.99. The van der Waals surface area contributed by atoms with Crippen LogP contribution in [0.4, 0.5) is 4.39 Å². The zero-order chi connectivity index (χ0) is 12.4. The third-order valence-electron chi connectivity index (χ3n) is 2.68. The standard InChI is InChI=1S/C13H11FO3/c1-2-8-7-17-12(11(8)13(15)16)9-5-3-4-6-10(9)14/h2-6,12H,1,7H2,(H,15,16). The zero-order valence-electron chi connectivity index (χ0n) is 9.02. The number of benzene rings is 1. The summed E-state index contributed by atoms with van der Waals surface area (Å²) >= 11 is 0. The summed E-state index contributed by atoms with van der Waals surface area (Å²) in [6, 6.07) is 6.00. The van der Waals surface area contributed by atoms with Gasteiger partial charge in [0.2, 0.25) is 0 Å². The second-order valence-corrected chi connectivity index (χ2v) is 3.66. The van der Waals surface area contributed by atoms with Crippen molar-refractivity contribution in [3.05, 3.63) is 59.4 Å². The Bertz CT molecular complexity index is 505. The molecule has 0 bridgehead atoms. The maximum absolute atomic E-state index is 13.6. The van der Waals surface area contributed by atoms with Gasteiger partial charge in [0.25, 0.3) is 0 Å². The molecule has 0 aliphatic carbocycles. The summed E-state index contributed by atoms with van der Waals surface area (Å²) in [7, 11) is 0. The average molecular weight is 234 g/mol. The molecule has 0 saturated carbocycles. The molecule has 17 heavy (non-hydrogen) atoms. The highest BCUT2D eigenvalue weighted by atomic mass is 19.1. The molecule has 0 aromatic heterocycles. The van der Waals surface area contributed by atoms with Gasteiger partial charge in [0, 0.05) is 5.56 Å². The molecule has 0 fully saturated rings. The lowest BCUT2D eigenvalue weighted by molar-refractivity contribution is -0.133. The Balaban J connectivity index is 2.48. The van der Waals surface area contributed by atoms with Crippen molar-refractivity contribution >= 4 is 5.97 Å². The maximum atomic E-state index is 13.6. The molecule has 88 valence electrons. The van der Waals surface area contributed by atoms with Gasteiger partial charge in [0.05, 0.1) is 12.2 Å². The number of hydrogen-bond acceptors (Lipinski definition) is 2. The van der Waals surface area contributed by atoms with Gasteiger partial charge in [-0.2, -0.15) is 0 Å². The van der Waals surface area contributed by atoms with Crippen LogP contribution in [0, 0.1) is 5.82 Å². The fraction of sp³-hybridized carbons (Fsp3) is 0.154. The highest BCUT2D eigenvalue weighted by Crippen LogP contribution is 2.35. The summed E-state index contributed by atoms with van der Waals surface area (Å²) in [6.45, 7) is 3.67. The lowest BCUT2D eigenvalue weighted by Gasteiger charge is -2.12. The van der Waals surface area contributed by atoms with Gasteiger partial charge in [-0.25, -0.2) is 9.18 Å². The van der Waals surface area contributed by atoms with Crippen molar-refractivity contribution in [2.24, 2.45) is 0 Å². The Morgan fingerprint density at radius 3 is 2.82 bits per heavy atom. The Morgan fingerprint density at radius 1 is 1.53 bits per heavy atom. The van der Waals surface area contributed by atoms with Crippen LogP contribution in [0.25, 0.3) is 0 Å². The van der Waals surface area contributed by atoms with E-state index in [0.717, 1.165) is 0 Å². The monoisotopic (exact) mass is 234 g/mol. The second kappa shape index (κ2) is 4.51. The van der Waals surface area contributed by atoms with Crippen LogP contribution >= 0.6 is 0 Å². The summed E-state index contributed by atoms with van der Waals surface area (Å²) in [5.74, 6) is -1.58. The quantitative estimate of drug-likeness (QED) is 0.873. The molecular formula is C13H11FO3. The first-order valence-corrected chi connectivity index (χ1v) is 5.10. The molecule has 1 N–H and O–H groups in total. The van der Waals surface area contributed by atoms with Crippen LogP contribution in [0.5, 0.6) is 0 Å². The molecule has 1 aromatic carbocycles. The molecule has 1 aromatic rings. The van der Waals surface area contributed by atoms with Crippen molar-refractivity contribution in [2.45, 2.75) is 6.10 Å². The summed E-state index contributed by atoms with van der Waals surface area (Å²) < 4.78 is 18.9. The lowest BCUT2D eigenvalue weighted by atomic mass is 9.99. The largest absolute Gasteiger partial charge is 0.478 e. The minimum absolute atomic E-state index is 0.0603. The van der Waals surface area contributed by atoms with Crippen LogP contribution in [0.3, 0.4) is 0 Å². The van der Waals surface area contributed by atoms with Gasteiger partial charge < -0.3 is 9.84 Å². The van der Waals surface area contributed by atoms with E-state index in [1.807, 2.05) is 0 Å². The maximum Gasteiger partial charge on any atom is 0.334 e. The molecule has 1 unspecified atom stereocenters. The molecular weight excluding hydrogens is 223 g/mol. The average Bonchev–Trinajstić information content (AvgIpc) is 2.73. The number of carboxylic acids is 1. The predicted octanol–water partition coefficient (Wildman–Crippen LogP) is 2.46. The van der Waals surface area contributed by atoms with E-state index in [4.69, 9.17) is 9.84 Å². The van der Waals surface area contributed by atoms with Gasteiger partial charge in [-0.1, -0.05) is 30.9 Å². The molecule has 1 aliphatic heterocycles. The van der Waals surface area contributed by atoms with Gasteiger partial charge in [-0.05, 0) is 11.6 Å². The molecule has 3 nitrogen and oxygen atoms in total. The van der Waals surface area contributed by atoms with Gasteiger partial charge in [-0.3, -0.25) is 0 Å². The van der Waals surface area contributed by atoms with Crippen molar-refractivity contribution < 1.29 is 19.0 Å². The van der Waals surface area contributed by atoms with Crippen LogP contribution in [0.2, 0.25) is 0 Å². The topological polar surface area (TPSA) is 46.5 Å². The molecule has 1 atom stereocenters. The minimum atomic E-state index is -1.11. The summed E-state index contributed by atoms with van der Waals surface area (Å²) in [5, 5.41) is 9.13. The number of halogens is 1. The van der Waals surface area contributed by atoms with Crippen LogP contribution in [0.15, 0.2) is 48.1 Å². The van der Waals surface area contributed by atoms with Crippen molar-refractivity contribution in [2.75, 3.05) is 6.61 Å². The van der Waals surface area contributed by atoms with E-state index < -0.39 is 17.9 Å². The highest BCUT2D eigenvalue weighted by molar-refractivity contribution is 5.90. The first kappa shape index (κ1) is 11.5. The van der Waals surface area contributed by atoms with E-state index in [9.17, 15) is 9.18 Å². The number of hydrogen-bond donors (Lipinski definition) is 1. The molecule has 1 heterocycles. The predicted molar refractivity (Wildman–Crippen MR) is 60.0 cm³/mol. The van der Waals surface area contributed by atoms with Crippen molar-refractivity contribution in [1.82, 2.24) is 0 Å². The van der Waals surface area contributed by atoms with Crippen LogP contribution < -0.4 is 0 Å². The summed E-state index contributed by atoms with van der Waals surface area (Å²) in [6.07, 6.45) is 0.575. The first-order chi connectivity index (χ1) is 8.15. The SMILES string of the molecule is C=CC1=C(C(=O)O)C(c2ccccc2F)OC1. The highest BCUT2D eigenvalue weighted by Gasteiger charge is 2.32. The van der Waals surface area contributed by atoms with Gasteiger partial charge in [0.1, 0.15) is 11.9 Å². The van der Waals surface area contributed by atoms with E-state index in [0.29, 0.717) is 5.57 Å². The number of carboxylic acid groups (broad SMARTS) is 1. The number of ether oxygens (including phenoxy) is 1. The van der Waals surface area contributed by atoms with Crippen LogP contribution in [0.1, 0.15) is 11.7 Å². The Morgan fingerprint density at radius 2 is 2.24 bits per heavy atom. The first-order valence-electron chi connectivity index (χ1n) is 5.10. The molecule has 0 saturated heterocycles. The van der Waals surface area contributed by atoms with Gasteiger partial charge >= 0.3 is 5.97 Å². The number of carbonyl (C=O) groups is 1. The Hall–Kier alpha value is -1.94. The van der Waals surface area contributed by atoms with E-state index in [-0.39, 0.29) is 17.7 Å². The summed E-state index contributed by atoms with van der Waals surface area (Å²) in [5.41, 5.74) is 0.789. The summed E-state index contributed by atoms with van der Waals surface area (Å²) in [4.78, 5) is 11.2. The van der Waals surface area contributed by atoms with Crippen LogP contribution in [-0.4, -0.2) is 17.7 Å². The molecule has 0 amide bonds. The number of rotatable bonds is 3. The Kier molecular flexibility index (Phi) is 3.06. The lowest BCUT2D eigenvalue weighted by Crippen LogP contribution is -2.11. The van der Waals surface area contributed by atoms with Crippen LogP contribution in [-0.2, 0) is 9.53 Å². The second-order valence-electron chi connectivity index (χ2n) is 3.66. The Labute approximate surface area is 97.8 Å². The van der Waals surface area contributed by atoms with Crippen molar-refractivity contribution in [3.63, 3.8) is 0 Å². The molecule has 0 spiro atoms. The normalized spacial score (nSPS) is 19.5. The number of aliphatic carboxylic acids is 1. The van der Waals surface area contributed by atoms with Gasteiger partial charge in [-0.15, -0.1) is 0 Å². The van der Waals surface area contributed by atoms with E-state index in [1.165, 1.54) is 18.2 Å². The zero-order valence-corrected chi connectivity index (χ0v) is 9.02.